The highest BCUT2D eigenvalue weighted by Crippen LogP contribution is 2.25. The second-order valence-electron chi connectivity index (χ2n) is 6.44. The molecule has 2 N–H and O–H groups in total. The molecular weight excluding hydrogens is 308 g/mol. The molecule has 1 aliphatic heterocycles. The van der Waals surface area contributed by atoms with Crippen LogP contribution >= 0.6 is 0 Å². The highest BCUT2D eigenvalue weighted by Gasteiger charge is 2.32. The number of fused-ring (bicyclic) bond motifs is 1. The Kier molecular flexibility index (Phi) is 4.51. The molecule has 0 aliphatic carbocycles. The molecule has 0 bridgehead atoms. The van der Waals surface area contributed by atoms with E-state index in [-0.39, 0.29) is 23.8 Å². The van der Waals surface area contributed by atoms with Crippen molar-refractivity contribution >= 4 is 22.9 Å². The molecule has 3 rings (SSSR count). The number of primary amides is 1. The number of nitrogens with zero attached hydrogens (tertiary/aromatic N) is 3. The number of aromatic nitrogens is 2. The Hall–Kier alpha value is -2.44. The van der Waals surface area contributed by atoms with Gasteiger partial charge in [0.05, 0.1) is 22.6 Å². The Morgan fingerprint density at radius 3 is 2.92 bits per heavy atom. The number of rotatable bonds is 4. The van der Waals surface area contributed by atoms with Crippen LogP contribution in [0.15, 0.2) is 16.8 Å². The van der Waals surface area contributed by atoms with Gasteiger partial charge in [0.1, 0.15) is 0 Å². The Labute approximate surface area is 140 Å². The normalized spacial score (nSPS) is 21.2. The first-order valence-corrected chi connectivity index (χ1v) is 8.35. The van der Waals surface area contributed by atoms with Crippen molar-refractivity contribution in [1.29, 1.82) is 0 Å². The molecule has 7 heteroatoms. The molecule has 2 aromatic heterocycles. The van der Waals surface area contributed by atoms with Crippen LogP contribution in [0.1, 0.15) is 49.2 Å². The molecule has 3 heterocycles. The number of amides is 2. The fourth-order valence-electron chi connectivity index (χ4n) is 3.20. The summed E-state index contributed by atoms with van der Waals surface area (Å²) < 4.78 is 5.20. The van der Waals surface area contributed by atoms with Gasteiger partial charge in [-0.1, -0.05) is 18.5 Å². The van der Waals surface area contributed by atoms with E-state index in [1.165, 1.54) is 6.20 Å². The predicted octanol–water partition coefficient (Wildman–Crippen LogP) is 1.90. The van der Waals surface area contributed by atoms with Gasteiger partial charge in [-0.15, -0.1) is 0 Å². The summed E-state index contributed by atoms with van der Waals surface area (Å²) in [6.45, 7) is 4.41. The average molecular weight is 330 g/mol. The summed E-state index contributed by atoms with van der Waals surface area (Å²) >= 11 is 0. The van der Waals surface area contributed by atoms with Gasteiger partial charge in [0.25, 0.3) is 11.6 Å². The fraction of sp³-hybridized carbons (Fsp3) is 0.529. The third-order valence-corrected chi connectivity index (χ3v) is 4.68. The lowest BCUT2D eigenvalue weighted by Crippen LogP contribution is -2.48. The monoisotopic (exact) mass is 330 g/mol. The number of nitrogens with two attached hydrogens (primary N) is 1. The van der Waals surface area contributed by atoms with E-state index in [9.17, 15) is 9.59 Å². The quantitative estimate of drug-likeness (QED) is 0.922. The van der Waals surface area contributed by atoms with Crippen molar-refractivity contribution in [3.63, 3.8) is 0 Å². The molecule has 1 aliphatic rings. The number of pyridine rings is 1. The molecule has 2 atom stereocenters. The zero-order valence-electron chi connectivity index (χ0n) is 14.0. The van der Waals surface area contributed by atoms with Crippen molar-refractivity contribution in [3.8, 4) is 0 Å². The maximum Gasteiger partial charge on any atom is 0.257 e. The van der Waals surface area contributed by atoms with Gasteiger partial charge in [-0.05, 0) is 32.3 Å². The minimum atomic E-state index is -0.349. The summed E-state index contributed by atoms with van der Waals surface area (Å²) in [6, 6.07) is 1.86. The third kappa shape index (κ3) is 2.98. The van der Waals surface area contributed by atoms with Crippen molar-refractivity contribution in [1.82, 2.24) is 15.0 Å². The van der Waals surface area contributed by atoms with E-state index in [0.717, 1.165) is 36.8 Å². The Bertz CT molecular complexity index is 770. The average Bonchev–Trinajstić information content (AvgIpc) is 2.97. The molecule has 0 radical (unpaired) electrons. The number of hydrogen-bond acceptors (Lipinski definition) is 5. The molecule has 2 aromatic rings. The van der Waals surface area contributed by atoms with Crippen molar-refractivity contribution in [3.05, 3.63) is 23.5 Å². The smallest absolute Gasteiger partial charge is 0.257 e. The largest absolute Gasteiger partial charge is 0.369 e. The Morgan fingerprint density at radius 1 is 1.42 bits per heavy atom. The molecule has 128 valence electrons. The zero-order valence-corrected chi connectivity index (χ0v) is 14.0. The number of aryl methyl sites for hydroxylation is 1. The molecular formula is C17H22N4O3. The van der Waals surface area contributed by atoms with E-state index in [1.807, 2.05) is 6.92 Å². The topological polar surface area (TPSA) is 102 Å². The van der Waals surface area contributed by atoms with Gasteiger partial charge in [0, 0.05) is 18.8 Å². The fourth-order valence-corrected chi connectivity index (χ4v) is 3.20. The van der Waals surface area contributed by atoms with E-state index in [0.29, 0.717) is 17.8 Å². The number of carbonyl (C=O) groups excluding carboxylic acids is 2. The summed E-state index contributed by atoms with van der Waals surface area (Å²) in [5.74, 6) is -0.767. The number of carbonyl (C=O) groups is 2. The second-order valence-corrected chi connectivity index (χ2v) is 6.44. The first kappa shape index (κ1) is 16.4. The SMILES string of the molecule is CCCc1noc2ncc(C(=O)N3CC(C(N)=O)CCC3C)cc12. The van der Waals surface area contributed by atoms with E-state index in [2.05, 4.69) is 17.1 Å². The Balaban J connectivity index is 1.89. The molecule has 1 saturated heterocycles. The van der Waals surface area contributed by atoms with Crippen molar-refractivity contribution in [2.24, 2.45) is 11.7 Å². The zero-order chi connectivity index (χ0) is 17.3. The second kappa shape index (κ2) is 6.59. The van der Waals surface area contributed by atoms with Crippen molar-refractivity contribution in [2.75, 3.05) is 6.54 Å². The maximum absolute atomic E-state index is 12.9. The lowest BCUT2D eigenvalue weighted by molar-refractivity contribution is -0.123. The standard InChI is InChI=1S/C17H22N4O3/c1-3-4-14-13-7-12(8-19-16(13)24-20-14)17(23)21-9-11(15(18)22)6-5-10(21)2/h7-8,10-11H,3-6,9H2,1-2H3,(H2,18,22). The summed E-state index contributed by atoms with van der Waals surface area (Å²) in [5.41, 5.74) is 7.16. The molecule has 2 amide bonds. The number of likely N-dealkylation sites (tertiary alicyclic amines) is 1. The van der Waals surface area contributed by atoms with Crippen LogP contribution in [0.4, 0.5) is 0 Å². The summed E-state index contributed by atoms with van der Waals surface area (Å²) in [5, 5.41) is 4.80. The van der Waals surface area contributed by atoms with Gasteiger partial charge in [-0.25, -0.2) is 4.98 Å². The van der Waals surface area contributed by atoms with Gasteiger partial charge in [-0.2, -0.15) is 0 Å². The molecule has 24 heavy (non-hydrogen) atoms. The molecule has 7 nitrogen and oxygen atoms in total. The van der Waals surface area contributed by atoms with Crippen LogP contribution < -0.4 is 5.73 Å². The van der Waals surface area contributed by atoms with E-state index in [1.54, 1.807) is 11.0 Å². The first-order valence-electron chi connectivity index (χ1n) is 8.35. The lowest BCUT2D eigenvalue weighted by atomic mass is 9.92. The van der Waals surface area contributed by atoms with Crippen LogP contribution in [-0.2, 0) is 11.2 Å². The highest BCUT2D eigenvalue weighted by molar-refractivity contribution is 5.97. The number of hydrogen-bond donors (Lipinski definition) is 1. The Morgan fingerprint density at radius 2 is 2.21 bits per heavy atom. The van der Waals surface area contributed by atoms with Crippen molar-refractivity contribution < 1.29 is 14.1 Å². The molecule has 2 unspecified atom stereocenters. The summed E-state index contributed by atoms with van der Waals surface area (Å²) in [4.78, 5) is 30.3. The van der Waals surface area contributed by atoms with Crippen molar-refractivity contribution in [2.45, 2.75) is 45.6 Å². The van der Waals surface area contributed by atoms with E-state index in [4.69, 9.17) is 10.3 Å². The molecule has 0 aromatic carbocycles. The van der Waals surface area contributed by atoms with Crippen LogP contribution in [0.25, 0.3) is 11.1 Å². The maximum atomic E-state index is 12.9. The molecule has 0 spiro atoms. The summed E-state index contributed by atoms with van der Waals surface area (Å²) in [7, 11) is 0. The van der Waals surface area contributed by atoms with Gasteiger partial charge < -0.3 is 15.2 Å². The van der Waals surface area contributed by atoms with E-state index >= 15 is 0 Å². The van der Waals surface area contributed by atoms with Crippen LogP contribution in [0.3, 0.4) is 0 Å². The van der Waals surface area contributed by atoms with Crippen LogP contribution in [0.5, 0.6) is 0 Å². The van der Waals surface area contributed by atoms with Gasteiger partial charge in [0.15, 0.2) is 0 Å². The number of piperidine rings is 1. The molecule has 1 fully saturated rings. The van der Waals surface area contributed by atoms with Crippen LogP contribution in [0.2, 0.25) is 0 Å². The predicted molar refractivity (Wildman–Crippen MR) is 88.2 cm³/mol. The van der Waals surface area contributed by atoms with Crippen LogP contribution in [-0.4, -0.2) is 39.4 Å². The molecule has 0 saturated carbocycles. The minimum absolute atomic E-state index is 0.0707. The van der Waals surface area contributed by atoms with Crippen LogP contribution in [0, 0.1) is 5.92 Å². The third-order valence-electron chi connectivity index (χ3n) is 4.68. The van der Waals surface area contributed by atoms with Gasteiger partial charge in [0.2, 0.25) is 5.91 Å². The first-order chi connectivity index (χ1) is 11.5. The minimum Gasteiger partial charge on any atom is -0.369 e. The van der Waals surface area contributed by atoms with Gasteiger partial charge in [-0.3, -0.25) is 9.59 Å². The highest BCUT2D eigenvalue weighted by atomic mass is 16.5. The van der Waals surface area contributed by atoms with E-state index < -0.39 is 0 Å². The lowest BCUT2D eigenvalue weighted by Gasteiger charge is -2.36. The summed E-state index contributed by atoms with van der Waals surface area (Å²) in [6.07, 6.45) is 4.71. The van der Waals surface area contributed by atoms with Gasteiger partial charge >= 0.3 is 0 Å².